The molecule has 0 amide bonds. The molecule has 1 rings (SSSR count). The van der Waals surface area contributed by atoms with Crippen molar-refractivity contribution in [2.75, 3.05) is 48.5 Å². The third-order valence-corrected chi connectivity index (χ3v) is 3.06. The number of methoxy groups -OCH3 is 3. The number of ether oxygens (including phenoxy) is 3. The molecule has 114 valence electrons. The van der Waals surface area contributed by atoms with Crippen LogP contribution in [-0.2, 0) is 6.54 Å². The van der Waals surface area contributed by atoms with Crippen molar-refractivity contribution in [2.24, 2.45) is 0 Å². The molecule has 0 aliphatic rings. The number of benzene rings is 1. The second kappa shape index (κ2) is 8.66. The fourth-order valence-electron chi connectivity index (χ4n) is 1.97. The van der Waals surface area contributed by atoms with Crippen molar-refractivity contribution >= 4 is 0 Å². The topological polar surface area (TPSA) is 43.0 Å². The van der Waals surface area contributed by atoms with Crippen molar-refractivity contribution in [3.63, 3.8) is 0 Å². The highest BCUT2D eigenvalue weighted by atomic mass is 16.5. The quantitative estimate of drug-likeness (QED) is 0.699. The van der Waals surface area contributed by atoms with E-state index in [9.17, 15) is 0 Å². The number of hydrogen-bond donors (Lipinski definition) is 1. The maximum Gasteiger partial charge on any atom is 0.164 e. The van der Waals surface area contributed by atoms with Crippen molar-refractivity contribution in [1.29, 1.82) is 0 Å². The summed E-state index contributed by atoms with van der Waals surface area (Å²) in [6.45, 7) is 2.79. The molecule has 5 heteroatoms. The van der Waals surface area contributed by atoms with Gasteiger partial charge >= 0.3 is 0 Å². The molecule has 0 unspecified atom stereocenters. The molecule has 1 N–H and O–H groups in total. The van der Waals surface area contributed by atoms with E-state index in [4.69, 9.17) is 14.2 Å². The predicted molar refractivity (Wildman–Crippen MR) is 81.0 cm³/mol. The average Bonchev–Trinajstić information content (AvgIpc) is 2.45. The normalized spacial score (nSPS) is 10.7. The lowest BCUT2D eigenvalue weighted by Gasteiger charge is -2.15. The molecule has 0 spiro atoms. The molecule has 0 heterocycles. The first-order valence-electron chi connectivity index (χ1n) is 6.76. The van der Waals surface area contributed by atoms with Gasteiger partial charge in [0.25, 0.3) is 0 Å². The highest BCUT2D eigenvalue weighted by molar-refractivity contribution is 5.50. The number of nitrogens with zero attached hydrogens (tertiary/aromatic N) is 1. The lowest BCUT2D eigenvalue weighted by molar-refractivity contribution is 0.347. The summed E-state index contributed by atoms with van der Waals surface area (Å²) in [6, 6.07) is 3.81. The van der Waals surface area contributed by atoms with E-state index in [1.54, 1.807) is 21.3 Å². The maximum absolute atomic E-state index is 5.40. The first-order valence-corrected chi connectivity index (χ1v) is 6.76. The molecule has 0 saturated carbocycles. The minimum Gasteiger partial charge on any atom is -0.496 e. The van der Waals surface area contributed by atoms with Crippen molar-refractivity contribution in [2.45, 2.75) is 13.0 Å². The molecule has 1 aromatic carbocycles. The zero-order valence-electron chi connectivity index (χ0n) is 13.2. The molecule has 0 saturated heterocycles. The standard InChI is InChI=1S/C15H26N2O3/c1-17(2)8-6-7-16-11-12-9-14(19-4)15(20-5)10-13(12)18-3/h9-10,16H,6-8,11H2,1-5H3. The second-order valence-electron chi connectivity index (χ2n) is 4.85. The van der Waals surface area contributed by atoms with Crippen LogP contribution in [-0.4, -0.2) is 53.4 Å². The minimum absolute atomic E-state index is 0.681. The van der Waals surface area contributed by atoms with E-state index in [2.05, 4.69) is 24.3 Å². The Morgan fingerprint density at radius 2 is 1.55 bits per heavy atom. The molecule has 0 aliphatic carbocycles. The minimum atomic E-state index is 0.681. The lowest BCUT2D eigenvalue weighted by atomic mass is 10.1. The third kappa shape index (κ3) is 4.90. The first kappa shape index (κ1) is 16.6. The van der Waals surface area contributed by atoms with Crippen molar-refractivity contribution in [1.82, 2.24) is 10.2 Å². The van der Waals surface area contributed by atoms with E-state index < -0.39 is 0 Å². The molecule has 0 fully saturated rings. The van der Waals surface area contributed by atoms with Gasteiger partial charge in [0.1, 0.15) is 5.75 Å². The van der Waals surface area contributed by atoms with Crippen LogP contribution in [0.15, 0.2) is 12.1 Å². The predicted octanol–water partition coefficient (Wildman–Crippen LogP) is 1.75. The number of hydrogen-bond acceptors (Lipinski definition) is 5. The van der Waals surface area contributed by atoms with E-state index in [1.807, 2.05) is 12.1 Å². The van der Waals surface area contributed by atoms with Gasteiger partial charge in [0.15, 0.2) is 11.5 Å². The Kier molecular flexibility index (Phi) is 7.18. The summed E-state index contributed by atoms with van der Waals surface area (Å²) in [4.78, 5) is 2.18. The molecule has 0 aliphatic heterocycles. The summed E-state index contributed by atoms with van der Waals surface area (Å²) in [5.41, 5.74) is 1.06. The van der Waals surface area contributed by atoms with Crippen LogP contribution in [0.4, 0.5) is 0 Å². The molecule has 0 bridgehead atoms. The molecular formula is C15H26N2O3. The SMILES string of the molecule is COc1cc(OC)c(OC)cc1CNCCCN(C)C. The van der Waals surface area contributed by atoms with Crippen LogP contribution in [0.5, 0.6) is 17.2 Å². The van der Waals surface area contributed by atoms with Gasteiger partial charge in [-0.1, -0.05) is 0 Å². The van der Waals surface area contributed by atoms with Crippen LogP contribution >= 0.6 is 0 Å². The Balaban J connectivity index is 2.63. The van der Waals surface area contributed by atoms with Crippen LogP contribution in [0.2, 0.25) is 0 Å². The Bertz CT molecular complexity index is 408. The Hall–Kier alpha value is -1.46. The van der Waals surface area contributed by atoms with Crippen LogP contribution in [0.1, 0.15) is 12.0 Å². The summed E-state index contributed by atoms with van der Waals surface area (Å²) < 4.78 is 16.0. The van der Waals surface area contributed by atoms with Gasteiger partial charge in [-0.05, 0) is 39.7 Å². The summed E-state index contributed by atoms with van der Waals surface area (Å²) >= 11 is 0. The Morgan fingerprint density at radius 3 is 2.10 bits per heavy atom. The summed E-state index contributed by atoms with van der Waals surface area (Å²) in [6.07, 6.45) is 1.11. The highest BCUT2D eigenvalue weighted by Gasteiger charge is 2.11. The summed E-state index contributed by atoms with van der Waals surface area (Å²) in [7, 11) is 9.08. The summed E-state index contributed by atoms with van der Waals surface area (Å²) in [5, 5.41) is 3.42. The van der Waals surface area contributed by atoms with Gasteiger partial charge in [0.2, 0.25) is 0 Å². The van der Waals surface area contributed by atoms with E-state index in [1.165, 1.54) is 0 Å². The van der Waals surface area contributed by atoms with Crippen LogP contribution in [0.25, 0.3) is 0 Å². The molecule has 5 nitrogen and oxygen atoms in total. The first-order chi connectivity index (χ1) is 9.62. The highest BCUT2D eigenvalue weighted by Crippen LogP contribution is 2.34. The van der Waals surface area contributed by atoms with Gasteiger partial charge in [-0.2, -0.15) is 0 Å². The van der Waals surface area contributed by atoms with Crippen LogP contribution in [0, 0.1) is 0 Å². The van der Waals surface area contributed by atoms with Crippen LogP contribution in [0.3, 0.4) is 0 Å². The lowest BCUT2D eigenvalue weighted by Crippen LogP contribution is -2.21. The number of rotatable bonds is 9. The second-order valence-corrected chi connectivity index (χ2v) is 4.85. The van der Waals surface area contributed by atoms with E-state index in [-0.39, 0.29) is 0 Å². The maximum atomic E-state index is 5.40. The third-order valence-electron chi connectivity index (χ3n) is 3.06. The van der Waals surface area contributed by atoms with Gasteiger partial charge < -0.3 is 24.4 Å². The van der Waals surface area contributed by atoms with Crippen molar-refractivity contribution in [3.8, 4) is 17.2 Å². The molecule has 20 heavy (non-hydrogen) atoms. The van der Waals surface area contributed by atoms with Crippen molar-refractivity contribution in [3.05, 3.63) is 17.7 Å². The largest absolute Gasteiger partial charge is 0.496 e. The molecular weight excluding hydrogens is 256 g/mol. The van der Waals surface area contributed by atoms with Crippen LogP contribution < -0.4 is 19.5 Å². The fourth-order valence-corrected chi connectivity index (χ4v) is 1.97. The smallest absolute Gasteiger partial charge is 0.164 e. The Labute approximate surface area is 121 Å². The Morgan fingerprint density at radius 1 is 0.950 bits per heavy atom. The zero-order valence-corrected chi connectivity index (χ0v) is 13.2. The molecule has 0 radical (unpaired) electrons. The van der Waals surface area contributed by atoms with E-state index in [0.29, 0.717) is 5.75 Å². The zero-order chi connectivity index (χ0) is 15.0. The van der Waals surface area contributed by atoms with Gasteiger partial charge in [0.05, 0.1) is 21.3 Å². The van der Waals surface area contributed by atoms with Gasteiger partial charge in [-0.25, -0.2) is 0 Å². The fraction of sp³-hybridized carbons (Fsp3) is 0.600. The molecule has 0 atom stereocenters. The van der Waals surface area contributed by atoms with Crippen molar-refractivity contribution < 1.29 is 14.2 Å². The van der Waals surface area contributed by atoms with Gasteiger partial charge in [0, 0.05) is 18.2 Å². The van der Waals surface area contributed by atoms with E-state index >= 15 is 0 Å². The van der Waals surface area contributed by atoms with Gasteiger partial charge in [-0.3, -0.25) is 0 Å². The van der Waals surface area contributed by atoms with E-state index in [0.717, 1.165) is 43.1 Å². The monoisotopic (exact) mass is 282 g/mol. The molecule has 1 aromatic rings. The van der Waals surface area contributed by atoms with Gasteiger partial charge in [-0.15, -0.1) is 0 Å². The number of nitrogens with one attached hydrogen (secondary N) is 1. The summed E-state index contributed by atoms with van der Waals surface area (Å²) in [5.74, 6) is 2.21. The average molecular weight is 282 g/mol. The molecule has 0 aromatic heterocycles.